The van der Waals surface area contributed by atoms with E-state index >= 15 is 0 Å². The van der Waals surface area contributed by atoms with Gasteiger partial charge in [-0.1, -0.05) is 49.7 Å². The zero-order valence-corrected chi connectivity index (χ0v) is 17.0. The zero-order valence-electron chi connectivity index (χ0n) is 16.3. The van der Waals surface area contributed by atoms with Gasteiger partial charge in [0.25, 0.3) is 5.91 Å². The maximum absolute atomic E-state index is 12.5. The molecule has 3 aromatic carbocycles. The number of rotatable bonds is 5. The van der Waals surface area contributed by atoms with Gasteiger partial charge in [-0.2, -0.15) is 0 Å². The third-order valence-electron chi connectivity index (χ3n) is 4.80. The minimum atomic E-state index is -0.149. The molecule has 0 aliphatic rings. The second-order valence-electron chi connectivity index (χ2n) is 7.32. The zero-order chi connectivity index (χ0) is 20.4. The Morgan fingerprint density at radius 1 is 1.03 bits per heavy atom. The molecule has 4 rings (SSSR count). The molecule has 0 radical (unpaired) electrons. The van der Waals surface area contributed by atoms with Gasteiger partial charge in [0.15, 0.2) is 11.5 Å². The number of nitrogens with one attached hydrogen (secondary N) is 1. The SMILES string of the molecule is CC(C)c1ccc(C(=O)Nc2ccc3oc(Cc4ccc(Cl)cc4)nc3c2)cc1. The van der Waals surface area contributed by atoms with Crippen molar-refractivity contribution < 1.29 is 9.21 Å². The van der Waals surface area contributed by atoms with Crippen molar-refractivity contribution in [2.45, 2.75) is 26.2 Å². The second-order valence-corrected chi connectivity index (χ2v) is 7.76. The predicted octanol–water partition coefficient (Wildman–Crippen LogP) is 6.45. The maximum Gasteiger partial charge on any atom is 0.255 e. The Kier molecular flexibility index (Phi) is 5.36. The second kappa shape index (κ2) is 8.10. The van der Waals surface area contributed by atoms with E-state index in [0.29, 0.717) is 45.6 Å². The highest BCUT2D eigenvalue weighted by Gasteiger charge is 2.11. The van der Waals surface area contributed by atoms with Crippen LogP contribution in [0, 0.1) is 0 Å². The average molecular weight is 405 g/mol. The molecule has 0 aliphatic heterocycles. The van der Waals surface area contributed by atoms with Crippen LogP contribution in [0.3, 0.4) is 0 Å². The molecule has 4 aromatic rings. The first kappa shape index (κ1) is 19.2. The highest BCUT2D eigenvalue weighted by Crippen LogP contribution is 2.23. The van der Waals surface area contributed by atoms with Crippen molar-refractivity contribution in [3.05, 3.63) is 94.3 Å². The molecule has 4 nitrogen and oxygen atoms in total. The van der Waals surface area contributed by atoms with Gasteiger partial charge in [-0.3, -0.25) is 4.79 Å². The molecular weight excluding hydrogens is 384 g/mol. The molecule has 1 amide bonds. The molecule has 0 unspecified atom stereocenters. The van der Waals surface area contributed by atoms with Gasteiger partial charge in [0.1, 0.15) is 5.52 Å². The van der Waals surface area contributed by atoms with Gasteiger partial charge in [-0.25, -0.2) is 4.98 Å². The first-order valence-electron chi connectivity index (χ1n) is 9.53. The Bertz CT molecular complexity index is 1150. The Balaban J connectivity index is 1.49. The lowest BCUT2D eigenvalue weighted by molar-refractivity contribution is 0.102. The number of anilines is 1. The van der Waals surface area contributed by atoms with Crippen LogP contribution < -0.4 is 5.32 Å². The molecule has 0 atom stereocenters. The third kappa shape index (κ3) is 4.49. The summed E-state index contributed by atoms with van der Waals surface area (Å²) in [5, 5.41) is 3.63. The van der Waals surface area contributed by atoms with E-state index in [1.165, 1.54) is 5.56 Å². The molecule has 0 fully saturated rings. The Morgan fingerprint density at radius 3 is 2.45 bits per heavy atom. The molecule has 146 valence electrons. The quantitative estimate of drug-likeness (QED) is 0.416. The standard InChI is InChI=1S/C24H21ClN2O2/c1-15(2)17-5-7-18(8-6-17)24(28)26-20-11-12-22-21(14-20)27-23(29-22)13-16-3-9-19(25)10-4-16/h3-12,14-15H,13H2,1-2H3,(H,26,28). The topological polar surface area (TPSA) is 55.1 Å². The molecule has 5 heteroatoms. The molecule has 0 saturated heterocycles. The fourth-order valence-corrected chi connectivity index (χ4v) is 3.25. The molecule has 0 bridgehead atoms. The molecule has 0 aliphatic carbocycles. The van der Waals surface area contributed by atoms with Crippen molar-refractivity contribution >= 4 is 34.3 Å². The van der Waals surface area contributed by atoms with Gasteiger partial charge in [-0.15, -0.1) is 0 Å². The van der Waals surface area contributed by atoms with E-state index in [9.17, 15) is 4.79 Å². The molecule has 1 N–H and O–H groups in total. The summed E-state index contributed by atoms with van der Waals surface area (Å²) in [6.45, 7) is 4.26. The molecule has 0 saturated carbocycles. The van der Waals surface area contributed by atoms with Crippen LogP contribution in [0.5, 0.6) is 0 Å². The van der Waals surface area contributed by atoms with E-state index in [2.05, 4.69) is 24.1 Å². The largest absolute Gasteiger partial charge is 0.440 e. The summed E-state index contributed by atoms with van der Waals surface area (Å²) in [6.07, 6.45) is 0.579. The summed E-state index contributed by atoms with van der Waals surface area (Å²) in [7, 11) is 0. The highest BCUT2D eigenvalue weighted by atomic mass is 35.5. The van der Waals surface area contributed by atoms with Crippen LogP contribution in [0.4, 0.5) is 5.69 Å². The lowest BCUT2D eigenvalue weighted by Crippen LogP contribution is -2.11. The van der Waals surface area contributed by atoms with Crippen LogP contribution in [0.25, 0.3) is 11.1 Å². The van der Waals surface area contributed by atoms with Crippen LogP contribution >= 0.6 is 11.6 Å². The van der Waals surface area contributed by atoms with Crippen molar-refractivity contribution in [3.8, 4) is 0 Å². The molecule has 1 heterocycles. The van der Waals surface area contributed by atoms with E-state index < -0.39 is 0 Å². The highest BCUT2D eigenvalue weighted by molar-refractivity contribution is 6.30. The number of halogens is 1. The van der Waals surface area contributed by atoms with Gasteiger partial charge in [0.2, 0.25) is 0 Å². The fourth-order valence-electron chi connectivity index (χ4n) is 3.13. The van der Waals surface area contributed by atoms with Crippen LogP contribution in [0.15, 0.2) is 71.1 Å². The van der Waals surface area contributed by atoms with Crippen molar-refractivity contribution in [2.75, 3.05) is 5.32 Å². The first-order valence-corrected chi connectivity index (χ1v) is 9.91. The fraction of sp³-hybridized carbons (Fsp3) is 0.167. The van der Waals surface area contributed by atoms with Crippen LogP contribution in [0.1, 0.15) is 47.1 Å². The molecule has 0 spiro atoms. The van der Waals surface area contributed by atoms with Crippen molar-refractivity contribution in [2.24, 2.45) is 0 Å². The van der Waals surface area contributed by atoms with Gasteiger partial charge < -0.3 is 9.73 Å². The van der Waals surface area contributed by atoms with Gasteiger partial charge in [0, 0.05) is 22.7 Å². The van der Waals surface area contributed by atoms with Crippen molar-refractivity contribution in [3.63, 3.8) is 0 Å². The molecule has 1 aromatic heterocycles. The predicted molar refractivity (Wildman–Crippen MR) is 117 cm³/mol. The van der Waals surface area contributed by atoms with Crippen molar-refractivity contribution in [1.82, 2.24) is 4.98 Å². The lowest BCUT2D eigenvalue weighted by Gasteiger charge is -2.08. The van der Waals surface area contributed by atoms with E-state index in [1.807, 2.05) is 66.7 Å². The number of oxazole rings is 1. The van der Waals surface area contributed by atoms with Gasteiger partial charge in [-0.05, 0) is 59.5 Å². The Morgan fingerprint density at radius 2 is 1.76 bits per heavy atom. The Hall–Kier alpha value is -3.11. The van der Waals surface area contributed by atoms with E-state index in [1.54, 1.807) is 0 Å². The summed E-state index contributed by atoms with van der Waals surface area (Å²) in [5.74, 6) is 0.906. The summed E-state index contributed by atoms with van der Waals surface area (Å²) in [5.41, 5.74) is 4.98. The van der Waals surface area contributed by atoms with Crippen LogP contribution in [-0.2, 0) is 6.42 Å². The Labute approximate surface area is 174 Å². The number of aromatic nitrogens is 1. The number of carbonyl (C=O) groups is 1. The van der Waals surface area contributed by atoms with Crippen molar-refractivity contribution in [1.29, 1.82) is 0 Å². The van der Waals surface area contributed by atoms with Gasteiger partial charge in [0.05, 0.1) is 0 Å². The number of benzene rings is 3. The monoisotopic (exact) mass is 404 g/mol. The number of hydrogen-bond acceptors (Lipinski definition) is 3. The minimum Gasteiger partial charge on any atom is -0.440 e. The van der Waals surface area contributed by atoms with Crippen LogP contribution in [-0.4, -0.2) is 10.9 Å². The van der Waals surface area contributed by atoms with Gasteiger partial charge >= 0.3 is 0 Å². The first-order chi connectivity index (χ1) is 14.0. The summed E-state index contributed by atoms with van der Waals surface area (Å²) in [4.78, 5) is 17.1. The number of nitrogens with zero attached hydrogens (tertiary/aromatic N) is 1. The van der Waals surface area contributed by atoms with E-state index in [-0.39, 0.29) is 5.91 Å². The normalized spacial score (nSPS) is 11.2. The molecular formula is C24H21ClN2O2. The average Bonchev–Trinajstić information content (AvgIpc) is 3.11. The third-order valence-corrected chi connectivity index (χ3v) is 5.05. The number of amides is 1. The number of fused-ring (bicyclic) bond motifs is 1. The van der Waals surface area contributed by atoms with E-state index in [4.69, 9.17) is 16.0 Å². The lowest BCUT2D eigenvalue weighted by atomic mass is 10.0. The summed E-state index contributed by atoms with van der Waals surface area (Å²) in [6, 6.07) is 20.7. The van der Waals surface area contributed by atoms with E-state index in [0.717, 1.165) is 5.56 Å². The minimum absolute atomic E-state index is 0.149. The van der Waals surface area contributed by atoms with Crippen LogP contribution in [0.2, 0.25) is 5.02 Å². The number of hydrogen-bond donors (Lipinski definition) is 1. The summed E-state index contributed by atoms with van der Waals surface area (Å²) >= 11 is 5.93. The maximum atomic E-state index is 12.5. The molecule has 29 heavy (non-hydrogen) atoms. The smallest absolute Gasteiger partial charge is 0.255 e. The summed E-state index contributed by atoms with van der Waals surface area (Å²) < 4.78 is 5.83. The number of carbonyl (C=O) groups excluding carboxylic acids is 1.